The Hall–Kier alpha value is -1.96. The lowest BCUT2D eigenvalue weighted by atomic mass is 10.1. The molecular weight excluding hydrogens is 488 g/mol. The van der Waals surface area contributed by atoms with Crippen LogP contribution >= 0.6 is 15.9 Å². The SMILES string of the molecule is C=C[C@@H](C[C@H](C)N(Cc1ccc(Br)cc1)C(=O)OCc1ccccc1)N[S@](=O)C(C)(C)C. The van der Waals surface area contributed by atoms with E-state index >= 15 is 0 Å². The van der Waals surface area contributed by atoms with Gasteiger partial charge in [0.05, 0.1) is 15.7 Å². The number of hydrogen-bond acceptors (Lipinski definition) is 3. The molecule has 0 aliphatic rings. The number of hydrogen-bond donors (Lipinski definition) is 1. The molecular formula is C25H33BrN2O3S. The molecule has 0 aliphatic heterocycles. The third kappa shape index (κ3) is 8.52. The zero-order valence-corrected chi connectivity index (χ0v) is 21.6. The predicted octanol–water partition coefficient (Wildman–Crippen LogP) is 5.97. The number of amides is 1. The summed E-state index contributed by atoms with van der Waals surface area (Å²) in [7, 11) is -1.24. The van der Waals surface area contributed by atoms with Crippen LogP contribution in [0.2, 0.25) is 0 Å². The van der Waals surface area contributed by atoms with Crippen LogP contribution in [0.4, 0.5) is 4.79 Å². The summed E-state index contributed by atoms with van der Waals surface area (Å²) in [4.78, 5) is 14.8. The monoisotopic (exact) mass is 520 g/mol. The maximum atomic E-state index is 13.1. The number of ether oxygens (including phenoxy) is 1. The van der Waals surface area contributed by atoms with Crippen LogP contribution in [0, 0.1) is 0 Å². The Kier molecular flexibility index (Phi) is 10.1. The fourth-order valence-corrected chi connectivity index (χ4v) is 4.08. The Morgan fingerprint density at radius 2 is 1.78 bits per heavy atom. The molecule has 1 amide bonds. The van der Waals surface area contributed by atoms with Crippen LogP contribution in [0.1, 0.15) is 45.2 Å². The average Bonchev–Trinajstić information content (AvgIpc) is 2.76. The van der Waals surface area contributed by atoms with Crippen molar-refractivity contribution in [3.8, 4) is 0 Å². The lowest BCUT2D eigenvalue weighted by molar-refractivity contribution is 0.0776. The van der Waals surface area contributed by atoms with Gasteiger partial charge in [0, 0.05) is 23.1 Å². The second-order valence-corrected chi connectivity index (χ2v) is 11.6. The van der Waals surface area contributed by atoms with Gasteiger partial charge in [-0.2, -0.15) is 0 Å². The molecule has 2 aromatic rings. The van der Waals surface area contributed by atoms with Crippen molar-refractivity contribution in [2.75, 3.05) is 0 Å². The normalized spacial score (nSPS) is 14.3. The fourth-order valence-electron chi connectivity index (χ4n) is 2.99. The molecule has 0 saturated heterocycles. The van der Waals surface area contributed by atoms with Gasteiger partial charge in [-0.15, -0.1) is 6.58 Å². The molecule has 3 atom stereocenters. The van der Waals surface area contributed by atoms with Gasteiger partial charge in [0.1, 0.15) is 6.61 Å². The summed E-state index contributed by atoms with van der Waals surface area (Å²) in [5, 5.41) is 0. The minimum Gasteiger partial charge on any atom is -0.445 e. The Balaban J connectivity index is 2.13. The highest BCUT2D eigenvalue weighted by atomic mass is 79.9. The molecule has 174 valence electrons. The second-order valence-electron chi connectivity index (χ2n) is 8.72. The Labute approximate surface area is 203 Å². The van der Waals surface area contributed by atoms with E-state index in [2.05, 4.69) is 27.2 Å². The van der Waals surface area contributed by atoms with Gasteiger partial charge in [-0.1, -0.05) is 64.5 Å². The molecule has 2 rings (SSSR count). The minimum absolute atomic E-state index is 0.172. The van der Waals surface area contributed by atoms with Gasteiger partial charge >= 0.3 is 6.09 Å². The van der Waals surface area contributed by atoms with Crippen molar-refractivity contribution in [1.82, 2.24) is 9.62 Å². The summed E-state index contributed by atoms with van der Waals surface area (Å²) in [6, 6.07) is 17.1. The maximum absolute atomic E-state index is 13.1. The van der Waals surface area contributed by atoms with Crippen molar-refractivity contribution < 1.29 is 13.7 Å². The molecule has 0 radical (unpaired) electrons. The Morgan fingerprint density at radius 1 is 1.16 bits per heavy atom. The zero-order chi connectivity index (χ0) is 23.7. The van der Waals surface area contributed by atoms with Crippen LogP contribution in [-0.2, 0) is 28.9 Å². The van der Waals surface area contributed by atoms with Crippen molar-refractivity contribution in [2.24, 2.45) is 0 Å². The first-order chi connectivity index (χ1) is 15.1. The summed E-state index contributed by atoms with van der Waals surface area (Å²) in [5.74, 6) is 0. The third-order valence-corrected chi connectivity index (χ3v) is 7.09. The summed E-state index contributed by atoms with van der Waals surface area (Å²) in [5.41, 5.74) is 1.93. The van der Waals surface area contributed by atoms with Crippen LogP contribution in [0.3, 0.4) is 0 Å². The van der Waals surface area contributed by atoms with E-state index < -0.39 is 15.7 Å². The van der Waals surface area contributed by atoms with Crippen molar-refractivity contribution in [3.63, 3.8) is 0 Å². The standard InChI is InChI=1S/C25H33BrN2O3S/c1-6-23(27-32(30)25(3,4)5)16-19(2)28(17-20-12-14-22(26)15-13-20)24(29)31-18-21-10-8-7-9-11-21/h6-15,19,23,27H,1,16-18H2,2-5H3/t19-,23-,32+/m0/s1. The average molecular weight is 522 g/mol. The fraction of sp³-hybridized carbons (Fsp3) is 0.400. The van der Waals surface area contributed by atoms with E-state index in [0.717, 1.165) is 15.6 Å². The van der Waals surface area contributed by atoms with Gasteiger partial charge in [-0.25, -0.2) is 13.7 Å². The van der Waals surface area contributed by atoms with Crippen LogP contribution in [0.25, 0.3) is 0 Å². The van der Waals surface area contributed by atoms with E-state index in [9.17, 15) is 9.00 Å². The van der Waals surface area contributed by atoms with Gasteiger partial charge < -0.3 is 9.64 Å². The quantitative estimate of drug-likeness (QED) is 0.392. The molecule has 0 fully saturated rings. The number of carbonyl (C=O) groups excluding carboxylic acids is 1. The molecule has 0 unspecified atom stereocenters. The largest absolute Gasteiger partial charge is 0.445 e. The molecule has 5 nitrogen and oxygen atoms in total. The minimum atomic E-state index is -1.24. The highest BCUT2D eigenvalue weighted by Gasteiger charge is 2.27. The molecule has 32 heavy (non-hydrogen) atoms. The summed E-state index contributed by atoms with van der Waals surface area (Å²) in [6.07, 6.45) is 1.92. The number of nitrogens with one attached hydrogen (secondary N) is 1. The molecule has 1 N–H and O–H groups in total. The molecule has 0 saturated carbocycles. The van der Waals surface area contributed by atoms with E-state index in [0.29, 0.717) is 13.0 Å². The Bertz CT molecular complexity index is 898. The highest BCUT2D eigenvalue weighted by molar-refractivity contribution is 9.10. The molecule has 0 bridgehead atoms. The van der Waals surface area contributed by atoms with Crippen molar-refractivity contribution in [1.29, 1.82) is 0 Å². The molecule has 7 heteroatoms. The first-order valence-corrected chi connectivity index (χ1v) is 12.6. The van der Waals surface area contributed by atoms with Crippen molar-refractivity contribution in [2.45, 2.75) is 64.1 Å². The van der Waals surface area contributed by atoms with E-state index in [1.165, 1.54) is 0 Å². The van der Waals surface area contributed by atoms with Crippen LogP contribution in [0.5, 0.6) is 0 Å². The molecule has 0 aromatic heterocycles. The van der Waals surface area contributed by atoms with Gasteiger partial charge in [0.2, 0.25) is 0 Å². The summed E-state index contributed by atoms with van der Waals surface area (Å²) < 4.78 is 21.9. The number of nitrogens with zero attached hydrogens (tertiary/aromatic N) is 1. The number of rotatable bonds is 10. The second kappa shape index (κ2) is 12.3. The lowest BCUT2D eigenvalue weighted by Crippen LogP contribution is -2.45. The first-order valence-electron chi connectivity index (χ1n) is 10.6. The van der Waals surface area contributed by atoms with Gasteiger partial charge in [-0.05, 0) is 57.4 Å². The van der Waals surface area contributed by atoms with E-state index in [1.807, 2.05) is 82.3 Å². The van der Waals surface area contributed by atoms with E-state index in [4.69, 9.17) is 4.74 Å². The number of carbonyl (C=O) groups is 1. The molecule has 0 spiro atoms. The predicted molar refractivity (Wildman–Crippen MR) is 135 cm³/mol. The van der Waals surface area contributed by atoms with Gasteiger partial charge in [-0.3, -0.25) is 0 Å². The number of benzene rings is 2. The maximum Gasteiger partial charge on any atom is 0.410 e. The van der Waals surface area contributed by atoms with Crippen LogP contribution < -0.4 is 4.72 Å². The van der Waals surface area contributed by atoms with Gasteiger partial charge in [0.25, 0.3) is 0 Å². The van der Waals surface area contributed by atoms with Crippen LogP contribution in [0.15, 0.2) is 71.7 Å². The third-order valence-electron chi connectivity index (χ3n) is 4.93. The van der Waals surface area contributed by atoms with E-state index in [1.54, 1.807) is 11.0 Å². The van der Waals surface area contributed by atoms with Crippen molar-refractivity contribution in [3.05, 3.63) is 82.9 Å². The molecule has 0 aliphatic carbocycles. The van der Waals surface area contributed by atoms with Crippen LogP contribution in [-0.4, -0.2) is 32.0 Å². The van der Waals surface area contributed by atoms with Gasteiger partial charge in [0.15, 0.2) is 0 Å². The van der Waals surface area contributed by atoms with Crippen molar-refractivity contribution >= 4 is 33.0 Å². The van der Waals surface area contributed by atoms with E-state index in [-0.39, 0.29) is 24.8 Å². The molecule has 0 heterocycles. The summed E-state index contributed by atoms with van der Waals surface area (Å²) in [6.45, 7) is 12.2. The number of halogens is 1. The molecule has 2 aromatic carbocycles. The Morgan fingerprint density at radius 3 is 2.34 bits per heavy atom. The lowest BCUT2D eigenvalue weighted by Gasteiger charge is -2.31. The summed E-state index contributed by atoms with van der Waals surface area (Å²) >= 11 is 3.45. The first kappa shape index (κ1) is 26.3. The zero-order valence-electron chi connectivity index (χ0n) is 19.2. The topological polar surface area (TPSA) is 58.6 Å². The smallest absolute Gasteiger partial charge is 0.410 e. The highest BCUT2D eigenvalue weighted by Crippen LogP contribution is 2.19.